The van der Waals surface area contributed by atoms with Crippen LogP contribution in [0.2, 0.25) is 0 Å². The maximum atomic E-state index is 15.1. The van der Waals surface area contributed by atoms with E-state index >= 15 is 4.79 Å². The van der Waals surface area contributed by atoms with Crippen molar-refractivity contribution in [3.8, 4) is 11.5 Å². The number of rotatable bonds is 5. The van der Waals surface area contributed by atoms with Gasteiger partial charge in [0.15, 0.2) is 0 Å². The molecule has 9 heteroatoms. The number of aryl methyl sites for hydroxylation is 1. The highest BCUT2D eigenvalue weighted by Gasteiger charge is 2.70. The van der Waals surface area contributed by atoms with Crippen LogP contribution in [0, 0.1) is 30.6 Å². The Kier molecular flexibility index (Phi) is 6.39. The number of phenolic OH excluding ortho intramolecular Hbond substituents is 1. The molecule has 2 N–H and O–H groups in total. The molecule has 224 valence electrons. The standard InChI is InChI=1S/C35H33N3O6/c1-19-9-11-21(12-10-19)36-38-32(41)27-18-26-23(15-16-25-29(26)33(42)37(2)31(25)40)30(24-14-13-22(39)17-28(24)44-3)35(27,34(38)43)20-7-5-4-6-8-20/h4-15,17,25-27,29-30,36,39H,16,18H2,1-3H3. The summed E-state index contributed by atoms with van der Waals surface area (Å²) in [5.74, 6) is -4.09. The molecule has 9 nitrogen and oxygen atoms in total. The number of carbonyl (C=O) groups excluding carboxylic acids is 4. The number of likely N-dealkylation sites (tertiary alicyclic amines) is 1. The monoisotopic (exact) mass is 591 g/mol. The molecule has 4 aliphatic rings. The molecule has 0 bridgehead atoms. The zero-order valence-electron chi connectivity index (χ0n) is 24.7. The minimum Gasteiger partial charge on any atom is -0.508 e. The van der Waals surface area contributed by atoms with Crippen LogP contribution < -0.4 is 10.2 Å². The highest BCUT2D eigenvalue weighted by molar-refractivity contribution is 6.13. The fourth-order valence-corrected chi connectivity index (χ4v) is 8.19. The third-order valence-corrected chi connectivity index (χ3v) is 10.1. The smallest absolute Gasteiger partial charge is 0.260 e. The SMILES string of the molecule is COc1cc(O)ccc1C1C2=CCC3C(=O)N(C)C(=O)C3C2CC2C(=O)N(Nc3ccc(C)cc3)C(=O)C21c1ccccc1. The van der Waals surface area contributed by atoms with Gasteiger partial charge in [-0.1, -0.05) is 65.7 Å². The maximum Gasteiger partial charge on any atom is 0.260 e. The van der Waals surface area contributed by atoms with E-state index in [4.69, 9.17) is 4.74 Å². The van der Waals surface area contributed by atoms with Crippen molar-refractivity contribution in [3.63, 3.8) is 0 Å². The number of fused-ring (bicyclic) bond motifs is 4. The van der Waals surface area contributed by atoms with Gasteiger partial charge in [-0.3, -0.25) is 29.5 Å². The lowest BCUT2D eigenvalue weighted by molar-refractivity contribution is -0.140. The van der Waals surface area contributed by atoms with Gasteiger partial charge in [-0.25, -0.2) is 0 Å². The van der Waals surface area contributed by atoms with Gasteiger partial charge in [-0.15, -0.1) is 0 Å². The Bertz CT molecular complexity index is 1730. The fourth-order valence-electron chi connectivity index (χ4n) is 8.19. The Labute approximate surface area is 255 Å². The number of methoxy groups -OCH3 is 1. The molecule has 3 aromatic rings. The van der Waals surface area contributed by atoms with Crippen molar-refractivity contribution in [3.05, 3.63) is 101 Å². The molecule has 1 saturated carbocycles. The lowest BCUT2D eigenvalue weighted by Gasteiger charge is -2.50. The predicted molar refractivity (Wildman–Crippen MR) is 161 cm³/mol. The normalized spacial score (nSPS) is 29.2. The first-order valence-corrected chi connectivity index (χ1v) is 14.8. The van der Waals surface area contributed by atoms with Crippen LogP contribution in [0.3, 0.4) is 0 Å². The number of phenols is 1. The van der Waals surface area contributed by atoms with E-state index in [1.807, 2.05) is 67.6 Å². The third kappa shape index (κ3) is 3.77. The molecule has 3 aromatic carbocycles. The van der Waals surface area contributed by atoms with Gasteiger partial charge in [0.25, 0.3) is 11.8 Å². The number of allylic oxidation sites excluding steroid dienone is 2. The Hall–Kier alpha value is -4.92. The number of nitrogens with zero attached hydrogens (tertiary/aromatic N) is 2. The number of aromatic hydroxyl groups is 1. The minimum atomic E-state index is -1.40. The van der Waals surface area contributed by atoms with E-state index in [2.05, 4.69) is 5.43 Å². The molecule has 0 aromatic heterocycles. The number of ether oxygens (including phenoxy) is 1. The number of anilines is 1. The van der Waals surface area contributed by atoms with Gasteiger partial charge in [-0.05, 0) is 49.4 Å². The van der Waals surface area contributed by atoms with Crippen molar-refractivity contribution in [2.75, 3.05) is 19.6 Å². The summed E-state index contributed by atoms with van der Waals surface area (Å²) >= 11 is 0. The molecule has 2 saturated heterocycles. The van der Waals surface area contributed by atoms with Crippen molar-refractivity contribution in [1.82, 2.24) is 9.91 Å². The van der Waals surface area contributed by atoms with Crippen molar-refractivity contribution in [2.45, 2.75) is 31.1 Å². The first-order valence-electron chi connectivity index (χ1n) is 14.8. The van der Waals surface area contributed by atoms with Crippen LogP contribution in [0.25, 0.3) is 0 Å². The molecule has 0 radical (unpaired) electrons. The van der Waals surface area contributed by atoms with E-state index in [9.17, 15) is 19.5 Å². The molecular formula is C35H33N3O6. The van der Waals surface area contributed by atoms with Crippen molar-refractivity contribution >= 4 is 29.3 Å². The number of hydrogen-bond acceptors (Lipinski definition) is 7. The van der Waals surface area contributed by atoms with E-state index in [-0.39, 0.29) is 24.0 Å². The summed E-state index contributed by atoms with van der Waals surface area (Å²) in [6.07, 6.45) is 2.58. The second-order valence-corrected chi connectivity index (χ2v) is 12.3. The van der Waals surface area contributed by atoms with Crippen molar-refractivity contribution in [2.24, 2.45) is 23.7 Å². The summed E-state index contributed by atoms with van der Waals surface area (Å²) in [5, 5.41) is 11.5. The lowest BCUT2D eigenvalue weighted by atomic mass is 9.49. The van der Waals surface area contributed by atoms with Crippen LogP contribution >= 0.6 is 0 Å². The number of carbonyl (C=O) groups is 4. The quantitative estimate of drug-likeness (QED) is 0.335. The largest absolute Gasteiger partial charge is 0.508 e. The van der Waals surface area contributed by atoms with E-state index in [0.29, 0.717) is 29.0 Å². The van der Waals surface area contributed by atoms with Crippen molar-refractivity contribution < 1.29 is 29.0 Å². The highest BCUT2D eigenvalue weighted by Crippen LogP contribution is 2.64. The van der Waals surface area contributed by atoms with Crippen molar-refractivity contribution in [1.29, 1.82) is 0 Å². The third-order valence-electron chi connectivity index (χ3n) is 10.1. The van der Waals surface area contributed by atoms with Crippen LogP contribution in [0.4, 0.5) is 5.69 Å². The van der Waals surface area contributed by atoms with Crippen LogP contribution in [-0.2, 0) is 24.6 Å². The average Bonchev–Trinajstić information content (AvgIpc) is 3.39. The summed E-state index contributed by atoms with van der Waals surface area (Å²) in [6.45, 7) is 1.96. The highest BCUT2D eigenvalue weighted by atomic mass is 16.5. The molecular weight excluding hydrogens is 558 g/mol. The molecule has 2 heterocycles. The second kappa shape index (κ2) is 10.1. The first-order chi connectivity index (χ1) is 21.2. The Morgan fingerprint density at radius 3 is 2.34 bits per heavy atom. The van der Waals surface area contributed by atoms with Crippen LogP contribution in [0.5, 0.6) is 11.5 Å². The van der Waals surface area contributed by atoms with Gasteiger partial charge in [0.05, 0.1) is 36.0 Å². The van der Waals surface area contributed by atoms with E-state index < -0.39 is 46.8 Å². The molecule has 7 rings (SSSR count). The van der Waals surface area contributed by atoms with Gasteiger partial charge in [-0.2, -0.15) is 5.01 Å². The van der Waals surface area contributed by atoms with Gasteiger partial charge >= 0.3 is 0 Å². The van der Waals surface area contributed by atoms with Crippen LogP contribution in [-0.4, -0.2) is 52.8 Å². The molecule has 2 aliphatic heterocycles. The maximum absolute atomic E-state index is 15.1. The number of benzene rings is 3. The van der Waals surface area contributed by atoms with Gasteiger partial charge < -0.3 is 9.84 Å². The van der Waals surface area contributed by atoms with E-state index in [0.717, 1.165) is 16.1 Å². The molecule has 4 amide bonds. The number of imide groups is 2. The average molecular weight is 592 g/mol. The summed E-state index contributed by atoms with van der Waals surface area (Å²) in [4.78, 5) is 57.5. The summed E-state index contributed by atoms with van der Waals surface area (Å²) in [7, 11) is 3.01. The Balaban J connectivity index is 1.48. The first kappa shape index (κ1) is 27.9. The zero-order valence-corrected chi connectivity index (χ0v) is 24.7. The van der Waals surface area contributed by atoms with Gasteiger partial charge in [0.1, 0.15) is 11.5 Å². The summed E-state index contributed by atoms with van der Waals surface area (Å²) in [5.41, 5.74) is 5.46. The second-order valence-electron chi connectivity index (χ2n) is 12.3. The minimum absolute atomic E-state index is 0.00404. The fraction of sp³-hybridized carbons (Fsp3) is 0.314. The predicted octanol–water partition coefficient (Wildman–Crippen LogP) is 4.32. The molecule has 3 fully saturated rings. The summed E-state index contributed by atoms with van der Waals surface area (Å²) < 4.78 is 5.78. The van der Waals surface area contributed by atoms with Crippen LogP contribution in [0.15, 0.2) is 84.4 Å². The van der Waals surface area contributed by atoms with E-state index in [1.165, 1.54) is 25.1 Å². The van der Waals surface area contributed by atoms with Crippen LogP contribution in [0.1, 0.15) is 35.4 Å². The summed E-state index contributed by atoms with van der Waals surface area (Å²) in [6, 6.07) is 21.5. The molecule has 0 spiro atoms. The molecule has 6 unspecified atom stereocenters. The van der Waals surface area contributed by atoms with Gasteiger partial charge in [0.2, 0.25) is 11.8 Å². The number of hydrazine groups is 1. The molecule has 2 aliphatic carbocycles. The Morgan fingerprint density at radius 1 is 0.909 bits per heavy atom. The number of amides is 4. The molecule has 6 atom stereocenters. The lowest BCUT2D eigenvalue weighted by Crippen LogP contribution is -2.53. The van der Waals surface area contributed by atoms with E-state index in [1.54, 1.807) is 12.1 Å². The Morgan fingerprint density at radius 2 is 1.64 bits per heavy atom. The topological polar surface area (TPSA) is 116 Å². The number of hydrogen-bond donors (Lipinski definition) is 2. The molecule has 44 heavy (non-hydrogen) atoms. The number of nitrogens with one attached hydrogen (secondary N) is 1. The zero-order chi connectivity index (χ0) is 30.9. The van der Waals surface area contributed by atoms with Gasteiger partial charge in [0, 0.05) is 24.6 Å².